The molecule has 134 valence electrons. The van der Waals surface area contributed by atoms with Gasteiger partial charge in [0.25, 0.3) is 0 Å². The van der Waals surface area contributed by atoms with E-state index in [0.29, 0.717) is 29.2 Å². The number of amides is 1. The molecule has 0 spiro atoms. The molecular formula is C17H18N6O2S. The van der Waals surface area contributed by atoms with E-state index in [2.05, 4.69) is 25.4 Å². The van der Waals surface area contributed by atoms with Gasteiger partial charge >= 0.3 is 0 Å². The molecule has 3 rings (SSSR count). The van der Waals surface area contributed by atoms with Crippen LogP contribution in [0.1, 0.15) is 34.4 Å². The van der Waals surface area contributed by atoms with Crippen molar-refractivity contribution >= 4 is 23.0 Å². The molecule has 0 bridgehead atoms. The number of aryl methyl sites for hydroxylation is 1. The van der Waals surface area contributed by atoms with Crippen molar-refractivity contribution in [2.24, 2.45) is 0 Å². The van der Waals surface area contributed by atoms with Gasteiger partial charge in [0.1, 0.15) is 17.2 Å². The van der Waals surface area contributed by atoms with Crippen molar-refractivity contribution in [3.63, 3.8) is 0 Å². The van der Waals surface area contributed by atoms with E-state index in [1.807, 2.05) is 5.38 Å². The standard InChI is InChI=1S/C17H18N6O2S/c1-10-16(12(3)24)11(2)23(22-10)8-15(25)20-6-13-9-26-17(21-13)14-7-18-4-5-19-14/h4-5,7,9H,6,8H2,1-3H3,(H,20,25). The molecule has 0 radical (unpaired) electrons. The summed E-state index contributed by atoms with van der Waals surface area (Å²) in [6.07, 6.45) is 4.87. The Morgan fingerprint density at radius 2 is 2.08 bits per heavy atom. The van der Waals surface area contributed by atoms with Gasteiger partial charge in [-0.25, -0.2) is 4.98 Å². The van der Waals surface area contributed by atoms with E-state index in [0.717, 1.165) is 10.7 Å². The normalized spacial score (nSPS) is 10.7. The lowest BCUT2D eigenvalue weighted by Gasteiger charge is -2.06. The summed E-state index contributed by atoms with van der Waals surface area (Å²) in [4.78, 5) is 36.5. The summed E-state index contributed by atoms with van der Waals surface area (Å²) in [5.41, 5.74) is 3.36. The molecule has 0 aliphatic rings. The Bertz CT molecular complexity index is 948. The highest BCUT2D eigenvalue weighted by Crippen LogP contribution is 2.20. The number of aromatic nitrogens is 5. The topological polar surface area (TPSA) is 103 Å². The second-order valence-electron chi connectivity index (χ2n) is 5.77. The van der Waals surface area contributed by atoms with E-state index in [1.165, 1.54) is 18.3 Å². The van der Waals surface area contributed by atoms with Crippen LogP contribution in [-0.2, 0) is 17.9 Å². The highest BCUT2D eigenvalue weighted by Gasteiger charge is 2.17. The summed E-state index contributed by atoms with van der Waals surface area (Å²) >= 11 is 1.45. The van der Waals surface area contributed by atoms with E-state index in [9.17, 15) is 9.59 Å². The van der Waals surface area contributed by atoms with Gasteiger partial charge in [-0.1, -0.05) is 0 Å². The lowest BCUT2D eigenvalue weighted by molar-refractivity contribution is -0.122. The summed E-state index contributed by atoms with van der Waals surface area (Å²) in [7, 11) is 0. The van der Waals surface area contributed by atoms with Gasteiger partial charge in [-0.05, 0) is 20.8 Å². The van der Waals surface area contributed by atoms with Crippen molar-refractivity contribution in [1.29, 1.82) is 0 Å². The summed E-state index contributed by atoms with van der Waals surface area (Å²) < 4.78 is 1.55. The molecule has 0 unspecified atom stereocenters. The van der Waals surface area contributed by atoms with Crippen LogP contribution in [0.15, 0.2) is 24.0 Å². The molecule has 0 atom stereocenters. The average Bonchev–Trinajstić information content (AvgIpc) is 3.19. The van der Waals surface area contributed by atoms with E-state index in [4.69, 9.17) is 0 Å². The van der Waals surface area contributed by atoms with Crippen molar-refractivity contribution in [2.75, 3.05) is 0 Å². The van der Waals surface area contributed by atoms with Crippen molar-refractivity contribution < 1.29 is 9.59 Å². The molecule has 1 amide bonds. The molecule has 0 aliphatic heterocycles. The number of hydrogen-bond donors (Lipinski definition) is 1. The van der Waals surface area contributed by atoms with E-state index in [1.54, 1.807) is 37.1 Å². The van der Waals surface area contributed by atoms with E-state index in [-0.39, 0.29) is 18.2 Å². The van der Waals surface area contributed by atoms with Gasteiger partial charge < -0.3 is 5.32 Å². The summed E-state index contributed by atoms with van der Waals surface area (Å²) in [5, 5.41) is 9.73. The Labute approximate surface area is 154 Å². The molecule has 1 N–H and O–H groups in total. The zero-order chi connectivity index (χ0) is 18.7. The number of nitrogens with one attached hydrogen (secondary N) is 1. The van der Waals surface area contributed by atoms with E-state index >= 15 is 0 Å². The minimum Gasteiger partial charge on any atom is -0.349 e. The molecule has 3 aromatic rings. The number of ketones is 1. The van der Waals surface area contributed by atoms with Crippen molar-refractivity contribution in [3.8, 4) is 10.7 Å². The fourth-order valence-electron chi connectivity index (χ4n) is 2.66. The smallest absolute Gasteiger partial charge is 0.242 e. The first-order chi connectivity index (χ1) is 12.5. The number of Topliss-reactive ketones (excluding diaryl/α,β-unsaturated/α-hetero) is 1. The number of carbonyl (C=O) groups excluding carboxylic acids is 2. The molecule has 9 heteroatoms. The molecule has 26 heavy (non-hydrogen) atoms. The highest BCUT2D eigenvalue weighted by molar-refractivity contribution is 7.13. The number of carbonyl (C=O) groups is 2. The summed E-state index contributed by atoms with van der Waals surface area (Å²) in [5.74, 6) is -0.245. The highest BCUT2D eigenvalue weighted by atomic mass is 32.1. The zero-order valence-corrected chi connectivity index (χ0v) is 15.5. The molecule has 0 aliphatic carbocycles. The lowest BCUT2D eigenvalue weighted by atomic mass is 10.1. The molecule has 3 heterocycles. The minimum absolute atomic E-state index is 0.0503. The average molecular weight is 370 g/mol. The number of hydrogen-bond acceptors (Lipinski definition) is 7. The Morgan fingerprint density at radius 1 is 1.27 bits per heavy atom. The van der Waals surface area contributed by atoms with Crippen LogP contribution >= 0.6 is 11.3 Å². The summed E-state index contributed by atoms with van der Waals surface area (Å²) in [6, 6.07) is 0. The van der Waals surface area contributed by atoms with Crippen LogP contribution in [0.3, 0.4) is 0 Å². The zero-order valence-electron chi connectivity index (χ0n) is 14.7. The number of rotatable bonds is 6. The van der Waals surface area contributed by atoms with Crippen molar-refractivity contribution in [1.82, 2.24) is 30.0 Å². The van der Waals surface area contributed by atoms with Gasteiger partial charge in [-0.3, -0.25) is 24.2 Å². The fraction of sp³-hybridized carbons (Fsp3) is 0.294. The second kappa shape index (κ2) is 7.52. The summed E-state index contributed by atoms with van der Waals surface area (Å²) in [6.45, 7) is 5.42. The van der Waals surface area contributed by atoms with Gasteiger partial charge in [-0.15, -0.1) is 11.3 Å². The van der Waals surface area contributed by atoms with Gasteiger partial charge in [0.2, 0.25) is 5.91 Å². The number of thiazole rings is 1. The van der Waals surface area contributed by atoms with Gasteiger partial charge in [-0.2, -0.15) is 5.10 Å². The largest absolute Gasteiger partial charge is 0.349 e. The second-order valence-corrected chi connectivity index (χ2v) is 6.63. The van der Waals surface area contributed by atoms with Crippen molar-refractivity contribution in [3.05, 3.63) is 46.6 Å². The maximum atomic E-state index is 12.2. The molecular weight excluding hydrogens is 352 g/mol. The first kappa shape index (κ1) is 17.9. The van der Waals surface area contributed by atoms with Gasteiger partial charge in [0.05, 0.1) is 29.7 Å². The van der Waals surface area contributed by atoms with Gasteiger partial charge in [0, 0.05) is 23.5 Å². The van der Waals surface area contributed by atoms with Gasteiger partial charge in [0.15, 0.2) is 5.78 Å². The molecule has 3 aromatic heterocycles. The third-order valence-corrected chi connectivity index (χ3v) is 4.74. The molecule has 0 fully saturated rings. The molecule has 0 saturated heterocycles. The Balaban J connectivity index is 1.61. The number of nitrogens with zero attached hydrogens (tertiary/aromatic N) is 5. The van der Waals surface area contributed by atoms with Crippen LogP contribution < -0.4 is 5.32 Å². The minimum atomic E-state index is -0.195. The molecule has 8 nitrogen and oxygen atoms in total. The van der Waals surface area contributed by atoms with Crippen LogP contribution in [0.25, 0.3) is 10.7 Å². The first-order valence-corrected chi connectivity index (χ1v) is 8.86. The fourth-order valence-corrected chi connectivity index (χ4v) is 3.44. The van der Waals surface area contributed by atoms with Crippen LogP contribution in [0.4, 0.5) is 0 Å². The SMILES string of the molecule is CC(=O)c1c(C)nn(CC(=O)NCc2csc(-c3cnccn3)n2)c1C. The van der Waals surface area contributed by atoms with Crippen molar-refractivity contribution in [2.45, 2.75) is 33.9 Å². The van der Waals surface area contributed by atoms with Crippen LogP contribution in [-0.4, -0.2) is 36.4 Å². The van der Waals surface area contributed by atoms with Crippen LogP contribution in [0.2, 0.25) is 0 Å². The Hall–Kier alpha value is -2.94. The molecule has 0 aromatic carbocycles. The lowest BCUT2D eigenvalue weighted by Crippen LogP contribution is -2.28. The first-order valence-electron chi connectivity index (χ1n) is 7.98. The Morgan fingerprint density at radius 3 is 2.73 bits per heavy atom. The van der Waals surface area contributed by atoms with Crippen LogP contribution in [0, 0.1) is 13.8 Å². The predicted molar refractivity (Wildman–Crippen MR) is 96.7 cm³/mol. The predicted octanol–water partition coefficient (Wildman–Crippen LogP) is 1.93. The van der Waals surface area contributed by atoms with Crippen LogP contribution in [0.5, 0.6) is 0 Å². The monoisotopic (exact) mass is 370 g/mol. The quantitative estimate of drug-likeness (QED) is 0.665. The maximum absolute atomic E-state index is 12.2. The third kappa shape index (κ3) is 3.83. The maximum Gasteiger partial charge on any atom is 0.242 e. The molecule has 0 saturated carbocycles. The third-order valence-electron chi connectivity index (χ3n) is 3.83. The van der Waals surface area contributed by atoms with E-state index < -0.39 is 0 Å². The Kier molecular flexibility index (Phi) is 5.17.